The predicted molar refractivity (Wildman–Crippen MR) is 91.4 cm³/mol. The molecule has 0 aliphatic carbocycles. The minimum atomic E-state index is -0.118. The van der Waals surface area contributed by atoms with Crippen molar-refractivity contribution in [3.63, 3.8) is 0 Å². The highest BCUT2D eigenvalue weighted by Gasteiger charge is 2.26. The highest BCUT2D eigenvalue weighted by molar-refractivity contribution is 5.98. The van der Waals surface area contributed by atoms with Gasteiger partial charge in [-0.3, -0.25) is 9.59 Å². The first-order chi connectivity index (χ1) is 12.2. The molecule has 0 saturated carbocycles. The van der Waals surface area contributed by atoms with Crippen LogP contribution < -0.4 is 15.0 Å². The Bertz CT molecular complexity index is 801. The molecule has 4 rings (SSSR count). The van der Waals surface area contributed by atoms with Crippen LogP contribution in [0.3, 0.4) is 0 Å². The number of carbonyl (C=O) groups is 2. The Kier molecular flexibility index (Phi) is 4.13. The maximum absolute atomic E-state index is 12.3. The van der Waals surface area contributed by atoms with Gasteiger partial charge in [0.2, 0.25) is 5.91 Å². The van der Waals surface area contributed by atoms with Crippen molar-refractivity contribution in [2.75, 3.05) is 18.1 Å². The second-order valence-electron chi connectivity index (χ2n) is 6.35. The Hall–Kier alpha value is -2.83. The average Bonchev–Trinajstić information content (AvgIpc) is 3.08. The molecular weight excluding hydrogens is 320 g/mol. The molecule has 0 unspecified atom stereocenters. The van der Waals surface area contributed by atoms with E-state index in [1.54, 1.807) is 11.1 Å². The summed E-state index contributed by atoms with van der Waals surface area (Å²) in [6.45, 7) is 1.12. The van der Waals surface area contributed by atoms with Crippen LogP contribution in [0.2, 0.25) is 0 Å². The van der Waals surface area contributed by atoms with E-state index in [1.807, 2.05) is 30.5 Å². The zero-order valence-corrected chi connectivity index (χ0v) is 13.9. The number of hydrogen-bond donors (Lipinski definition) is 1. The first kappa shape index (κ1) is 15.7. The number of rotatable bonds is 4. The zero-order valence-electron chi connectivity index (χ0n) is 13.9. The first-order valence-corrected chi connectivity index (χ1v) is 8.52. The van der Waals surface area contributed by atoms with Crippen molar-refractivity contribution in [3.05, 3.63) is 42.5 Å². The lowest BCUT2D eigenvalue weighted by molar-refractivity contribution is -0.122. The fourth-order valence-electron chi connectivity index (χ4n) is 3.40. The number of nitrogens with one attached hydrogen (secondary N) is 1. The third-order valence-electron chi connectivity index (χ3n) is 4.67. The van der Waals surface area contributed by atoms with Crippen molar-refractivity contribution >= 4 is 17.5 Å². The van der Waals surface area contributed by atoms with Gasteiger partial charge in [0.1, 0.15) is 11.6 Å². The van der Waals surface area contributed by atoms with Gasteiger partial charge in [0.15, 0.2) is 6.61 Å². The number of imidazole rings is 1. The van der Waals surface area contributed by atoms with Crippen molar-refractivity contribution in [2.24, 2.45) is 0 Å². The molecule has 0 saturated heterocycles. The quantitative estimate of drug-likeness (QED) is 0.905. The van der Waals surface area contributed by atoms with Gasteiger partial charge in [0, 0.05) is 44.4 Å². The molecule has 2 aromatic rings. The lowest BCUT2D eigenvalue weighted by Crippen LogP contribution is -2.44. The van der Waals surface area contributed by atoms with Crippen LogP contribution in [0.4, 0.5) is 5.69 Å². The Morgan fingerprint density at radius 3 is 3.16 bits per heavy atom. The van der Waals surface area contributed by atoms with Crippen LogP contribution in [0.5, 0.6) is 5.75 Å². The van der Waals surface area contributed by atoms with Crippen LogP contribution in [0.1, 0.15) is 18.7 Å². The third-order valence-corrected chi connectivity index (χ3v) is 4.67. The van der Waals surface area contributed by atoms with Crippen molar-refractivity contribution in [2.45, 2.75) is 31.8 Å². The summed E-state index contributed by atoms with van der Waals surface area (Å²) in [5.41, 5.74) is 0.729. The number of aromatic nitrogens is 2. The minimum Gasteiger partial charge on any atom is -0.482 e. The first-order valence-electron chi connectivity index (χ1n) is 8.52. The number of amides is 2. The zero-order chi connectivity index (χ0) is 17.2. The topological polar surface area (TPSA) is 76.5 Å². The Balaban J connectivity index is 1.34. The summed E-state index contributed by atoms with van der Waals surface area (Å²) in [7, 11) is 0. The molecule has 2 aliphatic heterocycles. The van der Waals surface area contributed by atoms with E-state index in [0.717, 1.165) is 30.9 Å². The van der Waals surface area contributed by atoms with Crippen molar-refractivity contribution < 1.29 is 14.3 Å². The fraction of sp³-hybridized carbons (Fsp3) is 0.389. The van der Waals surface area contributed by atoms with E-state index in [4.69, 9.17) is 4.74 Å². The highest BCUT2D eigenvalue weighted by atomic mass is 16.5. The number of para-hydroxylation sites is 2. The fourth-order valence-corrected chi connectivity index (χ4v) is 3.40. The number of anilines is 1. The van der Waals surface area contributed by atoms with E-state index in [0.29, 0.717) is 12.3 Å². The van der Waals surface area contributed by atoms with E-state index < -0.39 is 0 Å². The number of hydrogen-bond acceptors (Lipinski definition) is 4. The molecule has 1 aromatic heterocycles. The molecular formula is C18H20N4O3. The number of ether oxygens (including phenoxy) is 1. The van der Waals surface area contributed by atoms with Crippen LogP contribution in [0.25, 0.3) is 0 Å². The second kappa shape index (κ2) is 6.58. The molecule has 1 atom stereocenters. The van der Waals surface area contributed by atoms with E-state index >= 15 is 0 Å². The molecule has 0 fully saturated rings. The summed E-state index contributed by atoms with van der Waals surface area (Å²) in [6, 6.07) is 7.51. The lowest BCUT2D eigenvalue weighted by atomic mass is 10.1. The smallest absolute Gasteiger partial charge is 0.265 e. The largest absolute Gasteiger partial charge is 0.482 e. The van der Waals surface area contributed by atoms with Crippen LogP contribution in [-0.2, 0) is 22.6 Å². The molecule has 3 heterocycles. The molecule has 2 amide bonds. The summed E-state index contributed by atoms with van der Waals surface area (Å²) in [5.74, 6) is 1.60. The van der Waals surface area contributed by atoms with E-state index in [-0.39, 0.29) is 30.9 Å². The van der Waals surface area contributed by atoms with Gasteiger partial charge in [-0.15, -0.1) is 0 Å². The SMILES string of the molecule is O=C(CCN1C(=O)COc2ccccc21)N[C@@H]1CCc2nccn2C1. The van der Waals surface area contributed by atoms with E-state index in [9.17, 15) is 9.59 Å². The molecule has 7 nitrogen and oxygen atoms in total. The molecule has 0 spiro atoms. The van der Waals surface area contributed by atoms with Crippen molar-refractivity contribution in [3.8, 4) is 5.75 Å². The molecule has 2 aliphatic rings. The van der Waals surface area contributed by atoms with Gasteiger partial charge in [0.05, 0.1) is 5.69 Å². The van der Waals surface area contributed by atoms with Crippen molar-refractivity contribution in [1.29, 1.82) is 0 Å². The molecule has 1 N–H and O–H groups in total. The monoisotopic (exact) mass is 340 g/mol. The van der Waals surface area contributed by atoms with Gasteiger partial charge >= 0.3 is 0 Å². The average molecular weight is 340 g/mol. The summed E-state index contributed by atoms with van der Waals surface area (Å²) in [4.78, 5) is 30.4. The predicted octanol–water partition coefficient (Wildman–Crippen LogP) is 1.13. The van der Waals surface area contributed by atoms with Crippen LogP contribution in [0.15, 0.2) is 36.7 Å². The van der Waals surface area contributed by atoms with Gasteiger partial charge in [-0.05, 0) is 18.6 Å². The summed E-state index contributed by atoms with van der Waals surface area (Å²) >= 11 is 0. The summed E-state index contributed by atoms with van der Waals surface area (Å²) in [5, 5.41) is 3.07. The van der Waals surface area contributed by atoms with E-state index in [2.05, 4.69) is 14.9 Å². The standard InChI is InChI=1S/C18H20N4O3/c23-17(20-13-5-6-16-19-8-10-21(16)11-13)7-9-22-14-3-1-2-4-15(14)25-12-18(22)24/h1-4,8,10,13H,5-7,9,11-12H2,(H,20,23)/t13-/m1/s1. The Morgan fingerprint density at radius 2 is 2.24 bits per heavy atom. The Labute approximate surface area is 145 Å². The molecule has 7 heteroatoms. The number of aryl methyl sites for hydroxylation is 1. The number of nitrogens with zero attached hydrogens (tertiary/aromatic N) is 3. The van der Waals surface area contributed by atoms with Gasteiger partial charge in [0.25, 0.3) is 5.91 Å². The number of carbonyl (C=O) groups excluding carboxylic acids is 2. The normalized spacial score (nSPS) is 19.0. The van der Waals surface area contributed by atoms with Crippen LogP contribution in [0, 0.1) is 0 Å². The number of benzene rings is 1. The van der Waals surface area contributed by atoms with Gasteiger partial charge in [-0.1, -0.05) is 12.1 Å². The van der Waals surface area contributed by atoms with Crippen molar-refractivity contribution in [1.82, 2.24) is 14.9 Å². The maximum atomic E-state index is 12.3. The van der Waals surface area contributed by atoms with Gasteiger partial charge < -0.3 is 19.5 Å². The van der Waals surface area contributed by atoms with E-state index in [1.165, 1.54) is 0 Å². The Morgan fingerprint density at radius 1 is 1.36 bits per heavy atom. The molecule has 0 radical (unpaired) electrons. The third kappa shape index (κ3) is 3.22. The van der Waals surface area contributed by atoms with Crippen LogP contribution in [-0.4, -0.2) is 40.6 Å². The van der Waals surface area contributed by atoms with Gasteiger partial charge in [-0.2, -0.15) is 0 Å². The highest BCUT2D eigenvalue weighted by Crippen LogP contribution is 2.31. The summed E-state index contributed by atoms with van der Waals surface area (Å²) in [6.07, 6.45) is 5.76. The second-order valence-corrected chi connectivity index (χ2v) is 6.35. The molecule has 1 aromatic carbocycles. The minimum absolute atomic E-state index is 0.0185. The molecule has 0 bridgehead atoms. The molecule has 25 heavy (non-hydrogen) atoms. The van der Waals surface area contributed by atoms with Gasteiger partial charge in [-0.25, -0.2) is 4.98 Å². The lowest BCUT2D eigenvalue weighted by Gasteiger charge is -2.29. The van der Waals surface area contributed by atoms with Crippen LogP contribution >= 0.6 is 0 Å². The number of fused-ring (bicyclic) bond motifs is 2. The molecule has 130 valence electrons. The maximum Gasteiger partial charge on any atom is 0.265 e. The summed E-state index contributed by atoms with van der Waals surface area (Å²) < 4.78 is 7.50.